The summed E-state index contributed by atoms with van der Waals surface area (Å²) < 4.78 is 36.8. The monoisotopic (exact) mass is 419 g/mol. The zero-order valence-electron chi connectivity index (χ0n) is 15.4. The Labute approximate surface area is 166 Å². The number of ketones is 1. The molecule has 29 heavy (non-hydrogen) atoms. The molecule has 0 fully saturated rings. The van der Waals surface area contributed by atoms with Crippen LogP contribution in [-0.4, -0.2) is 36.7 Å². The quantitative estimate of drug-likeness (QED) is 0.230. The Morgan fingerprint density at radius 1 is 1.07 bits per heavy atom. The van der Waals surface area contributed by atoms with Crippen LogP contribution in [0.25, 0.3) is 0 Å². The minimum absolute atomic E-state index is 0.167. The number of carbonyl (C=O) groups excluding carboxylic acids is 3. The zero-order chi connectivity index (χ0) is 21.6. The molecular formula is C18H17N3O7S. The molecule has 2 rings (SSSR count). The van der Waals surface area contributed by atoms with Gasteiger partial charge in [0.25, 0.3) is 16.0 Å². The molecule has 0 saturated carbocycles. The fourth-order valence-electron chi connectivity index (χ4n) is 2.15. The summed E-state index contributed by atoms with van der Waals surface area (Å²) in [7, 11) is -4.57. The minimum Gasteiger partial charge on any atom is -0.424 e. The first kappa shape index (κ1) is 21.9. The molecule has 0 spiro atoms. The summed E-state index contributed by atoms with van der Waals surface area (Å²) in [6.45, 7) is 2.25. The molecule has 0 bridgehead atoms. The Kier molecular flexibility index (Phi) is 6.91. The highest BCUT2D eigenvalue weighted by Gasteiger charge is 2.24. The SMILES string of the molecule is CC(=O)Oc1ccc(S(=O)(=O)O)cc1N=NC(C(C)=O)C(=O)Nc1ccccc1. The second kappa shape index (κ2) is 9.17. The smallest absolute Gasteiger partial charge is 0.308 e. The van der Waals surface area contributed by atoms with Crippen LogP contribution in [0.2, 0.25) is 0 Å². The number of rotatable bonds is 7. The first-order valence-corrected chi connectivity index (χ1v) is 9.59. The van der Waals surface area contributed by atoms with E-state index in [9.17, 15) is 27.4 Å². The third-order valence-electron chi connectivity index (χ3n) is 3.44. The van der Waals surface area contributed by atoms with Crippen LogP contribution in [0.3, 0.4) is 0 Å². The molecule has 2 aromatic rings. The van der Waals surface area contributed by atoms with Gasteiger partial charge in [-0.2, -0.15) is 18.6 Å². The van der Waals surface area contributed by atoms with E-state index in [-0.39, 0.29) is 11.4 Å². The number of azo groups is 1. The molecular weight excluding hydrogens is 402 g/mol. The third-order valence-corrected chi connectivity index (χ3v) is 4.29. The maximum atomic E-state index is 12.4. The van der Waals surface area contributed by atoms with Crippen LogP contribution in [0.4, 0.5) is 11.4 Å². The number of benzene rings is 2. The number of para-hydroxylation sites is 1. The normalized spacial score (nSPS) is 12.4. The van der Waals surface area contributed by atoms with Crippen LogP contribution >= 0.6 is 0 Å². The van der Waals surface area contributed by atoms with Crippen LogP contribution < -0.4 is 10.1 Å². The van der Waals surface area contributed by atoms with Gasteiger partial charge in [-0.15, -0.1) is 0 Å². The molecule has 0 saturated heterocycles. The van der Waals surface area contributed by atoms with E-state index in [0.29, 0.717) is 5.69 Å². The Morgan fingerprint density at radius 2 is 1.72 bits per heavy atom. The highest BCUT2D eigenvalue weighted by atomic mass is 32.2. The van der Waals surface area contributed by atoms with E-state index in [1.807, 2.05) is 0 Å². The number of nitrogens with zero attached hydrogens (tertiary/aromatic N) is 2. The van der Waals surface area contributed by atoms with Gasteiger partial charge in [0, 0.05) is 12.6 Å². The summed E-state index contributed by atoms with van der Waals surface area (Å²) in [5.74, 6) is -2.26. The zero-order valence-corrected chi connectivity index (χ0v) is 16.2. The van der Waals surface area contributed by atoms with Gasteiger partial charge >= 0.3 is 5.97 Å². The van der Waals surface area contributed by atoms with E-state index in [0.717, 1.165) is 32.0 Å². The third kappa shape index (κ3) is 6.30. The summed E-state index contributed by atoms with van der Waals surface area (Å²) in [5, 5.41) is 9.89. The van der Waals surface area contributed by atoms with Crippen LogP contribution in [-0.2, 0) is 24.5 Å². The maximum absolute atomic E-state index is 12.4. The van der Waals surface area contributed by atoms with E-state index in [1.165, 1.54) is 0 Å². The van der Waals surface area contributed by atoms with Crippen molar-refractivity contribution in [2.75, 3.05) is 5.32 Å². The lowest BCUT2D eigenvalue weighted by Crippen LogP contribution is -2.31. The van der Waals surface area contributed by atoms with Crippen molar-refractivity contribution in [1.82, 2.24) is 0 Å². The molecule has 152 valence electrons. The standard InChI is InChI=1S/C18H17N3O7S/c1-11(22)17(18(24)19-13-6-4-3-5-7-13)21-20-15-10-14(29(25,26)27)8-9-16(15)28-12(2)23/h3-10,17H,1-2H3,(H,19,24)(H,25,26,27). The lowest BCUT2D eigenvalue weighted by molar-refractivity contribution is -0.132. The number of anilines is 1. The van der Waals surface area contributed by atoms with Crippen LogP contribution in [0, 0.1) is 0 Å². The molecule has 0 radical (unpaired) electrons. The van der Waals surface area contributed by atoms with Gasteiger partial charge < -0.3 is 10.1 Å². The summed E-state index contributed by atoms with van der Waals surface area (Å²) >= 11 is 0. The Morgan fingerprint density at radius 3 is 2.28 bits per heavy atom. The number of carbonyl (C=O) groups is 3. The Hall–Kier alpha value is -3.44. The molecule has 0 aliphatic heterocycles. The average molecular weight is 419 g/mol. The van der Waals surface area contributed by atoms with Gasteiger partial charge in [0.1, 0.15) is 5.69 Å². The molecule has 0 heterocycles. The first-order chi connectivity index (χ1) is 13.6. The predicted molar refractivity (Wildman–Crippen MR) is 102 cm³/mol. The molecule has 1 unspecified atom stereocenters. The highest BCUT2D eigenvalue weighted by Crippen LogP contribution is 2.31. The van der Waals surface area contributed by atoms with Crippen molar-refractivity contribution in [2.45, 2.75) is 24.8 Å². The van der Waals surface area contributed by atoms with Gasteiger partial charge in [0.2, 0.25) is 6.04 Å². The number of hydrogen-bond donors (Lipinski definition) is 2. The van der Waals surface area contributed by atoms with Gasteiger partial charge in [-0.3, -0.25) is 18.9 Å². The average Bonchev–Trinajstić information content (AvgIpc) is 2.62. The van der Waals surface area contributed by atoms with Crippen LogP contribution in [0.5, 0.6) is 5.75 Å². The predicted octanol–water partition coefficient (Wildman–Crippen LogP) is 2.54. The Balaban J connectivity index is 2.37. The first-order valence-electron chi connectivity index (χ1n) is 8.15. The van der Waals surface area contributed by atoms with Gasteiger partial charge in [-0.1, -0.05) is 18.2 Å². The van der Waals surface area contributed by atoms with Crippen molar-refractivity contribution in [3.05, 3.63) is 48.5 Å². The fraction of sp³-hybridized carbons (Fsp3) is 0.167. The van der Waals surface area contributed by atoms with Crippen molar-refractivity contribution in [2.24, 2.45) is 10.2 Å². The molecule has 1 atom stereocenters. The second-order valence-corrected chi connectivity index (χ2v) is 7.20. The number of nitrogens with one attached hydrogen (secondary N) is 1. The summed E-state index contributed by atoms with van der Waals surface area (Å²) in [6, 6.07) is 9.79. The molecule has 0 aliphatic carbocycles. The highest BCUT2D eigenvalue weighted by molar-refractivity contribution is 7.85. The van der Waals surface area contributed by atoms with Crippen molar-refractivity contribution in [3.63, 3.8) is 0 Å². The largest absolute Gasteiger partial charge is 0.424 e. The van der Waals surface area contributed by atoms with Crippen LogP contribution in [0.1, 0.15) is 13.8 Å². The molecule has 0 aromatic heterocycles. The minimum atomic E-state index is -4.57. The second-order valence-electron chi connectivity index (χ2n) is 5.78. The van der Waals surface area contributed by atoms with Crippen molar-refractivity contribution >= 4 is 39.2 Å². The topological polar surface area (TPSA) is 152 Å². The number of ether oxygens (including phenoxy) is 1. The Bertz CT molecular complexity index is 1070. The van der Waals surface area contributed by atoms with E-state index in [2.05, 4.69) is 15.5 Å². The van der Waals surface area contributed by atoms with Crippen molar-refractivity contribution < 1.29 is 32.1 Å². The number of hydrogen-bond acceptors (Lipinski definition) is 8. The van der Waals surface area contributed by atoms with Crippen molar-refractivity contribution in [1.29, 1.82) is 0 Å². The molecule has 1 amide bonds. The maximum Gasteiger partial charge on any atom is 0.308 e. The summed E-state index contributed by atoms with van der Waals surface area (Å²) in [4.78, 5) is 34.9. The van der Waals surface area contributed by atoms with Gasteiger partial charge in [-0.05, 0) is 37.3 Å². The fourth-order valence-corrected chi connectivity index (χ4v) is 2.65. The van der Waals surface area contributed by atoms with Crippen molar-refractivity contribution in [3.8, 4) is 5.75 Å². The van der Waals surface area contributed by atoms with E-state index in [4.69, 9.17) is 4.74 Å². The summed E-state index contributed by atoms with van der Waals surface area (Å²) in [5.41, 5.74) is 0.169. The van der Waals surface area contributed by atoms with Gasteiger partial charge in [0.05, 0.1) is 4.90 Å². The molecule has 10 nitrogen and oxygen atoms in total. The molecule has 0 aliphatic rings. The van der Waals surface area contributed by atoms with E-state index in [1.54, 1.807) is 30.3 Å². The number of Topliss-reactive ketones (excluding diaryl/α,β-unsaturated/α-hetero) is 1. The molecule has 2 aromatic carbocycles. The van der Waals surface area contributed by atoms with Gasteiger partial charge in [0.15, 0.2) is 11.5 Å². The lowest BCUT2D eigenvalue weighted by Gasteiger charge is -2.10. The number of esters is 1. The van der Waals surface area contributed by atoms with Gasteiger partial charge in [-0.25, -0.2) is 0 Å². The summed E-state index contributed by atoms with van der Waals surface area (Å²) in [6.07, 6.45) is 0. The molecule has 11 heteroatoms. The lowest BCUT2D eigenvalue weighted by atomic mass is 10.2. The number of amides is 1. The van der Waals surface area contributed by atoms with E-state index >= 15 is 0 Å². The molecule has 2 N–H and O–H groups in total. The van der Waals surface area contributed by atoms with E-state index < -0.39 is 38.7 Å². The van der Waals surface area contributed by atoms with Crippen LogP contribution in [0.15, 0.2) is 63.7 Å².